The van der Waals surface area contributed by atoms with Gasteiger partial charge in [0.05, 0.1) is 36.9 Å². The lowest BCUT2D eigenvalue weighted by Crippen LogP contribution is -2.46. The van der Waals surface area contributed by atoms with Crippen molar-refractivity contribution < 1.29 is 14.2 Å². The first-order valence-corrected chi connectivity index (χ1v) is 30.6. The average Bonchev–Trinajstić information content (AvgIpc) is 4.40. The number of fused-ring (bicyclic) bond motifs is 16. The van der Waals surface area contributed by atoms with E-state index in [0.29, 0.717) is 16.9 Å². The molecule has 12 saturated heterocycles. The van der Waals surface area contributed by atoms with Crippen LogP contribution in [0.4, 0.5) is 0 Å². The van der Waals surface area contributed by atoms with Gasteiger partial charge in [-0.2, -0.15) is 0 Å². The number of ether oxygens (including phenoxy) is 3. The number of nitrogens with one attached hydrogen (secondary N) is 2. The molecule has 0 aliphatic carbocycles. The van der Waals surface area contributed by atoms with Gasteiger partial charge >= 0.3 is 0 Å². The average molecular weight is 1090 g/mol. The van der Waals surface area contributed by atoms with Crippen LogP contribution in [-0.2, 0) is 14.1 Å². The third kappa shape index (κ3) is 10.4. The van der Waals surface area contributed by atoms with Gasteiger partial charge in [-0.3, -0.25) is 0 Å². The zero-order valence-electron chi connectivity index (χ0n) is 47.9. The number of benzene rings is 4. The van der Waals surface area contributed by atoms with Gasteiger partial charge in [0.2, 0.25) is 0 Å². The quantitative estimate of drug-likeness (QED) is 0.157. The van der Waals surface area contributed by atoms with E-state index in [1.54, 1.807) is 30.9 Å². The molecule has 12 aliphatic rings. The van der Waals surface area contributed by atoms with Gasteiger partial charge in [-0.05, 0) is 212 Å². The molecule has 0 spiro atoms. The maximum Gasteiger partial charge on any atom is 0.138 e. The normalized spacial score (nSPS) is 29.3. The highest BCUT2D eigenvalue weighted by Crippen LogP contribution is 2.46. The first-order chi connectivity index (χ1) is 38.6. The maximum absolute atomic E-state index is 6.21. The number of nitrogens with zero attached hydrogens (tertiary/aromatic N) is 6. The monoisotopic (exact) mass is 1080 g/mol. The molecule has 16 heterocycles. The van der Waals surface area contributed by atoms with Gasteiger partial charge in [-0.15, -0.1) is 0 Å². The molecule has 79 heavy (non-hydrogen) atoms. The second-order valence-corrected chi connectivity index (χ2v) is 25.3. The number of hydrogen-bond donors (Lipinski definition) is 2. The van der Waals surface area contributed by atoms with Crippen molar-refractivity contribution >= 4 is 55.2 Å². The van der Waals surface area contributed by atoms with E-state index in [1.165, 1.54) is 179 Å². The summed E-state index contributed by atoms with van der Waals surface area (Å²) in [4.78, 5) is 17.3. The van der Waals surface area contributed by atoms with Crippen LogP contribution in [0.25, 0.3) is 43.6 Å². The first kappa shape index (κ1) is 52.9. The Balaban J connectivity index is 0.0000001000. The zero-order chi connectivity index (χ0) is 53.9. The standard InChI is InChI=1S/C18H24N2O.C17H22N2O.C16H19ClN2O.C16H20N2/c1-3-21-14-4-5-15-17(11-19(2)18(15)10-14)16-12-20-8-6-13(16)7-9-20;1-18-10-16(14-4-3-13(20-2)9-17(14)18)15-11-19-7-5-12(15)6-8-19;1-20-16-6-11-12(8-18-15(11)7-14(16)17)13-9-19-4-2-10(13)3-5-19;1-11-2-3-13-14(9-17-16(13)8-11)15-10-18-6-4-12(15)5-7-18/h4-5,10-11,13,16H,3,6-9,12H2,1-2H3;3-4,9-10,12,15H,5-8,11H2,1-2H3;6-8,10,13,18H,2-5,9H2,1H3;2-3,8-9,12,15,17H,4-7,10H2,1H3. The minimum Gasteiger partial charge on any atom is -0.497 e. The molecule has 4 aromatic carbocycles. The lowest BCUT2D eigenvalue weighted by Gasteiger charge is -2.44. The summed E-state index contributed by atoms with van der Waals surface area (Å²) in [5.41, 5.74) is 12.4. The summed E-state index contributed by atoms with van der Waals surface area (Å²) in [6, 6.07) is 23.9. The molecule has 8 aromatic rings. The van der Waals surface area contributed by atoms with E-state index in [4.69, 9.17) is 25.8 Å². The second kappa shape index (κ2) is 22.5. The number of aromatic amines is 2. The van der Waals surface area contributed by atoms with Gasteiger partial charge < -0.3 is 52.9 Å². The number of H-pyrrole nitrogens is 2. The number of methoxy groups -OCH3 is 2. The molecule has 11 nitrogen and oxygen atoms in total. The van der Waals surface area contributed by atoms with E-state index >= 15 is 0 Å². The maximum atomic E-state index is 6.21. The topological polar surface area (TPSA) is 82.1 Å². The van der Waals surface area contributed by atoms with Crippen LogP contribution in [0, 0.1) is 30.6 Å². The van der Waals surface area contributed by atoms with E-state index in [1.807, 2.05) is 13.0 Å². The molecular formula is C67H85ClN8O3. The van der Waals surface area contributed by atoms with E-state index in [-0.39, 0.29) is 0 Å². The Morgan fingerprint density at radius 1 is 0.481 bits per heavy atom. The molecule has 4 atom stereocenters. The van der Waals surface area contributed by atoms with Crippen molar-refractivity contribution in [3.8, 4) is 17.2 Å². The molecule has 2 N–H and O–H groups in total. The van der Waals surface area contributed by atoms with Crippen LogP contribution < -0.4 is 14.2 Å². The van der Waals surface area contributed by atoms with Crippen molar-refractivity contribution in [2.45, 2.75) is 88.9 Å². The minimum atomic E-state index is 0.650. The molecule has 0 amide bonds. The van der Waals surface area contributed by atoms with E-state index in [2.05, 4.69) is 145 Å². The lowest BCUT2D eigenvalue weighted by atomic mass is 9.75. The predicted molar refractivity (Wildman–Crippen MR) is 324 cm³/mol. The van der Waals surface area contributed by atoms with E-state index < -0.39 is 0 Å². The Labute approximate surface area is 473 Å². The van der Waals surface area contributed by atoms with Crippen LogP contribution in [0.15, 0.2) is 91.5 Å². The number of rotatable bonds is 8. The van der Waals surface area contributed by atoms with E-state index in [0.717, 1.165) is 64.9 Å². The van der Waals surface area contributed by atoms with Gasteiger partial charge in [-0.1, -0.05) is 23.7 Å². The molecule has 12 fully saturated rings. The Kier molecular flexibility index (Phi) is 15.1. The van der Waals surface area contributed by atoms with Gasteiger partial charge in [-0.25, -0.2) is 0 Å². The summed E-state index contributed by atoms with van der Waals surface area (Å²) in [6.07, 6.45) is 20.1. The van der Waals surface area contributed by atoms with Crippen LogP contribution in [0.2, 0.25) is 5.02 Å². The molecule has 0 radical (unpaired) electrons. The molecule has 8 bridgehead atoms. The minimum absolute atomic E-state index is 0.650. The highest BCUT2D eigenvalue weighted by Gasteiger charge is 2.40. The summed E-state index contributed by atoms with van der Waals surface area (Å²) in [6.45, 7) is 20.3. The van der Waals surface area contributed by atoms with E-state index in [9.17, 15) is 0 Å². The van der Waals surface area contributed by atoms with Crippen molar-refractivity contribution in [2.75, 3.05) is 99.4 Å². The number of hydrogen-bond acceptors (Lipinski definition) is 7. The number of piperidine rings is 12. The summed E-state index contributed by atoms with van der Waals surface area (Å²) < 4.78 is 20.9. The van der Waals surface area contributed by atoms with Gasteiger partial charge in [0, 0.05) is 133 Å². The fourth-order valence-electron chi connectivity index (χ4n) is 16.2. The molecule has 4 aromatic heterocycles. The van der Waals surface area contributed by atoms with Crippen LogP contribution in [0.5, 0.6) is 17.2 Å². The van der Waals surface area contributed by atoms with Crippen LogP contribution in [-0.4, -0.2) is 138 Å². The summed E-state index contributed by atoms with van der Waals surface area (Å²) in [7, 11) is 7.71. The third-order valence-corrected chi connectivity index (χ3v) is 20.9. The fourth-order valence-corrected chi connectivity index (χ4v) is 16.5. The van der Waals surface area contributed by atoms with Crippen molar-refractivity contribution in [3.63, 3.8) is 0 Å². The highest BCUT2D eigenvalue weighted by molar-refractivity contribution is 6.32. The van der Waals surface area contributed by atoms with Gasteiger partial charge in [0.25, 0.3) is 0 Å². The smallest absolute Gasteiger partial charge is 0.138 e. The summed E-state index contributed by atoms with van der Waals surface area (Å²) in [5, 5.41) is 6.21. The largest absolute Gasteiger partial charge is 0.497 e. The van der Waals surface area contributed by atoms with Crippen molar-refractivity contribution in [1.29, 1.82) is 0 Å². The summed E-state index contributed by atoms with van der Waals surface area (Å²) >= 11 is 6.21. The highest BCUT2D eigenvalue weighted by atomic mass is 35.5. The fraction of sp³-hybridized carbons (Fsp3) is 0.522. The molecule has 0 saturated carbocycles. The molecular weight excluding hydrogens is 1000 g/mol. The van der Waals surface area contributed by atoms with Crippen molar-refractivity contribution in [3.05, 3.63) is 124 Å². The third-order valence-electron chi connectivity index (χ3n) is 20.6. The Bertz CT molecular complexity index is 3410. The molecule has 12 aliphatic heterocycles. The number of halogens is 1. The van der Waals surface area contributed by atoms with Crippen molar-refractivity contribution in [1.82, 2.24) is 38.7 Å². The van der Waals surface area contributed by atoms with Crippen molar-refractivity contribution in [2.24, 2.45) is 37.8 Å². The predicted octanol–water partition coefficient (Wildman–Crippen LogP) is 13.3. The molecule has 20 rings (SSSR count). The van der Waals surface area contributed by atoms with Gasteiger partial charge in [0.15, 0.2) is 0 Å². The molecule has 4 unspecified atom stereocenters. The number of aromatic nitrogens is 4. The SMILES string of the molecule is CCOc1ccc2c(C3CN4CCC3CC4)cn(C)c2c1.COc1cc2c(C3CN4CCC3CC4)c[nH]c2cc1Cl.COc1ccc2c(C3CN4CCC3CC4)cn(C)c2c1.Cc1ccc2c(C3CN4CCC3CC4)c[nH]c2c1. The van der Waals surface area contributed by atoms with Crippen LogP contribution in [0.1, 0.15) is 110 Å². The molecule has 418 valence electrons. The Morgan fingerprint density at radius 2 is 0.899 bits per heavy atom. The Hall–Kier alpha value is -5.43. The first-order valence-electron chi connectivity index (χ1n) is 30.3. The second-order valence-electron chi connectivity index (χ2n) is 24.9. The van der Waals surface area contributed by atoms with Gasteiger partial charge in [0.1, 0.15) is 17.2 Å². The van der Waals surface area contributed by atoms with Crippen LogP contribution >= 0.6 is 11.6 Å². The Morgan fingerprint density at radius 3 is 1.33 bits per heavy atom. The lowest BCUT2D eigenvalue weighted by molar-refractivity contribution is 0.0876. The summed E-state index contributed by atoms with van der Waals surface area (Å²) in [5.74, 6) is 9.03. The number of aryl methyl sites for hydroxylation is 3. The molecule has 12 heteroatoms. The van der Waals surface area contributed by atoms with Crippen LogP contribution in [0.3, 0.4) is 0 Å². The zero-order valence-corrected chi connectivity index (χ0v) is 48.7.